The van der Waals surface area contributed by atoms with Gasteiger partial charge in [0.25, 0.3) is 5.91 Å². The van der Waals surface area contributed by atoms with E-state index in [0.717, 1.165) is 0 Å². The first-order valence-corrected chi connectivity index (χ1v) is 8.18. The molecule has 78 valence electrons. The first-order chi connectivity index (χ1) is 6.90. The fourth-order valence-corrected chi connectivity index (χ4v) is 1.44. The highest BCUT2D eigenvalue weighted by atomic mass is 28.3. The third-order valence-electron chi connectivity index (χ3n) is 1.63. The van der Waals surface area contributed by atoms with Crippen LogP contribution >= 0.6 is 0 Å². The van der Waals surface area contributed by atoms with Crippen LogP contribution in [0.2, 0.25) is 19.6 Å². The summed E-state index contributed by atoms with van der Waals surface area (Å²) in [4.78, 5) is 15.1. The predicted molar refractivity (Wildman–Crippen MR) is 63.0 cm³/mol. The van der Waals surface area contributed by atoms with E-state index in [2.05, 4.69) is 36.1 Å². The first kappa shape index (κ1) is 11.5. The number of carbonyl (C=O) groups excluding carboxylic acids is 1. The topological polar surface area (TPSA) is 56.0 Å². The van der Waals surface area contributed by atoms with E-state index in [0.29, 0.717) is 11.3 Å². The van der Waals surface area contributed by atoms with Crippen molar-refractivity contribution in [1.82, 2.24) is 4.98 Å². The van der Waals surface area contributed by atoms with Gasteiger partial charge < -0.3 is 5.73 Å². The lowest BCUT2D eigenvalue weighted by Gasteiger charge is -2.04. The summed E-state index contributed by atoms with van der Waals surface area (Å²) in [6.45, 7) is 6.40. The molecule has 1 aromatic rings. The predicted octanol–water partition coefficient (Wildman–Crippen LogP) is 1.41. The van der Waals surface area contributed by atoms with Crippen LogP contribution in [0.25, 0.3) is 0 Å². The molecule has 0 bridgehead atoms. The lowest BCUT2D eigenvalue weighted by Crippen LogP contribution is -2.17. The zero-order valence-corrected chi connectivity index (χ0v) is 10.2. The SMILES string of the molecule is C[Si](C)(C)C#Cc1ncccc1C(N)=O. The minimum Gasteiger partial charge on any atom is -0.366 e. The molecule has 0 saturated carbocycles. The van der Waals surface area contributed by atoms with Crippen molar-refractivity contribution in [3.8, 4) is 11.5 Å². The van der Waals surface area contributed by atoms with Gasteiger partial charge in [0.2, 0.25) is 0 Å². The van der Waals surface area contributed by atoms with E-state index >= 15 is 0 Å². The average Bonchev–Trinajstić information content (AvgIpc) is 2.14. The fourth-order valence-electron chi connectivity index (χ4n) is 0.950. The summed E-state index contributed by atoms with van der Waals surface area (Å²) in [6, 6.07) is 3.32. The summed E-state index contributed by atoms with van der Waals surface area (Å²) in [6.07, 6.45) is 1.61. The Morgan fingerprint density at radius 2 is 2.13 bits per heavy atom. The van der Waals surface area contributed by atoms with Crippen molar-refractivity contribution in [3.63, 3.8) is 0 Å². The molecule has 15 heavy (non-hydrogen) atoms. The van der Waals surface area contributed by atoms with Crippen LogP contribution in [0.1, 0.15) is 16.1 Å². The molecule has 3 nitrogen and oxygen atoms in total. The summed E-state index contributed by atoms with van der Waals surface area (Å²) >= 11 is 0. The van der Waals surface area contributed by atoms with Crippen LogP contribution in [0, 0.1) is 11.5 Å². The molecule has 0 spiro atoms. The Labute approximate surface area is 90.7 Å². The number of primary amides is 1. The number of rotatable bonds is 1. The second-order valence-electron chi connectivity index (χ2n) is 4.26. The molecular weight excluding hydrogens is 204 g/mol. The van der Waals surface area contributed by atoms with Crippen LogP contribution in [0.4, 0.5) is 0 Å². The van der Waals surface area contributed by atoms with Crippen molar-refractivity contribution in [2.45, 2.75) is 19.6 Å². The van der Waals surface area contributed by atoms with Crippen LogP contribution in [-0.4, -0.2) is 19.0 Å². The second kappa shape index (κ2) is 4.28. The van der Waals surface area contributed by atoms with Gasteiger partial charge in [0.05, 0.1) is 5.56 Å². The zero-order chi connectivity index (χ0) is 11.5. The van der Waals surface area contributed by atoms with Gasteiger partial charge in [-0.1, -0.05) is 25.6 Å². The zero-order valence-electron chi connectivity index (χ0n) is 9.16. The van der Waals surface area contributed by atoms with Gasteiger partial charge in [0.1, 0.15) is 13.8 Å². The van der Waals surface area contributed by atoms with Gasteiger partial charge in [0.15, 0.2) is 0 Å². The Morgan fingerprint density at radius 3 is 2.67 bits per heavy atom. The largest absolute Gasteiger partial charge is 0.366 e. The summed E-state index contributed by atoms with van der Waals surface area (Å²) in [5.41, 5.74) is 9.24. The minimum atomic E-state index is -1.45. The minimum absolute atomic E-state index is 0.392. The second-order valence-corrected chi connectivity index (χ2v) is 9.01. The van der Waals surface area contributed by atoms with Crippen LogP contribution in [0.15, 0.2) is 18.3 Å². The highest BCUT2D eigenvalue weighted by Crippen LogP contribution is 2.04. The highest BCUT2D eigenvalue weighted by molar-refractivity contribution is 6.83. The van der Waals surface area contributed by atoms with Gasteiger partial charge in [-0.15, -0.1) is 5.54 Å². The summed E-state index contributed by atoms with van der Waals surface area (Å²) in [5, 5.41) is 0. The molecule has 0 radical (unpaired) electrons. The molecule has 1 rings (SSSR count). The molecule has 2 N–H and O–H groups in total. The van der Waals surface area contributed by atoms with Crippen molar-refractivity contribution >= 4 is 14.0 Å². The van der Waals surface area contributed by atoms with E-state index in [-0.39, 0.29) is 0 Å². The quantitative estimate of drug-likeness (QED) is 0.572. The molecule has 4 heteroatoms. The lowest BCUT2D eigenvalue weighted by atomic mass is 10.2. The van der Waals surface area contributed by atoms with Gasteiger partial charge >= 0.3 is 0 Å². The van der Waals surface area contributed by atoms with Crippen molar-refractivity contribution in [3.05, 3.63) is 29.6 Å². The molecule has 0 aromatic carbocycles. The molecule has 0 saturated heterocycles. The Morgan fingerprint density at radius 1 is 1.47 bits per heavy atom. The van der Waals surface area contributed by atoms with Crippen molar-refractivity contribution in [2.75, 3.05) is 0 Å². The number of nitrogens with two attached hydrogens (primary N) is 1. The number of nitrogens with zero attached hydrogens (tertiary/aromatic N) is 1. The van der Waals surface area contributed by atoms with E-state index in [1.807, 2.05) is 0 Å². The molecule has 1 heterocycles. The fraction of sp³-hybridized carbons (Fsp3) is 0.273. The third-order valence-corrected chi connectivity index (χ3v) is 2.50. The highest BCUT2D eigenvalue weighted by Gasteiger charge is 2.10. The van der Waals surface area contributed by atoms with E-state index in [1.54, 1.807) is 18.3 Å². The molecule has 0 aliphatic heterocycles. The van der Waals surface area contributed by atoms with Crippen LogP contribution in [0.3, 0.4) is 0 Å². The van der Waals surface area contributed by atoms with Gasteiger partial charge in [-0.25, -0.2) is 4.98 Å². The van der Waals surface area contributed by atoms with Crippen molar-refractivity contribution in [1.29, 1.82) is 0 Å². The van der Waals surface area contributed by atoms with Crippen LogP contribution < -0.4 is 5.73 Å². The Kier molecular flexibility index (Phi) is 3.27. The normalized spacial score (nSPS) is 10.3. The van der Waals surface area contributed by atoms with Crippen molar-refractivity contribution < 1.29 is 4.79 Å². The number of aromatic nitrogens is 1. The van der Waals surface area contributed by atoms with Gasteiger partial charge in [-0.2, -0.15) is 0 Å². The smallest absolute Gasteiger partial charge is 0.251 e. The van der Waals surface area contributed by atoms with Crippen molar-refractivity contribution in [2.24, 2.45) is 5.73 Å². The summed E-state index contributed by atoms with van der Waals surface area (Å²) in [5.74, 6) is 2.45. The number of pyridine rings is 1. The van der Waals surface area contributed by atoms with Gasteiger partial charge in [0, 0.05) is 6.20 Å². The van der Waals surface area contributed by atoms with E-state index in [1.165, 1.54) is 0 Å². The number of amides is 1. The van der Waals surface area contributed by atoms with Crippen LogP contribution in [0.5, 0.6) is 0 Å². The maximum absolute atomic E-state index is 11.1. The number of carbonyl (C=O) groups is 1. The van der Waals surface area contributed by atoms with E-state index in [4.69, 9.17) is 5.73 Å². The molecule has 1 amide bonds. The maximum Gasteiger partial charge on any atom is 0.251 e. The van der Waals surface area contributed by atoms with Gasteiger partial charge in [-0.3, -0.25) is 4.79 Å². The average molecular weight is 218 g/mol. The molecule has 1 aromatic heterocycles. The molecule has 0 unspecified atom stereocenters. The number of hydrogen-bond donors (Lipinski definition) is 1. The van der Waals surface area contributed by atoms with E-state index in [9.17, 15) is 4.79 Å². The lowest BCUT2D eigenvalue weighted by molar-refractivity contribution is 0.0999. The maximum atomic E-state index is 11.1. The molecule has 0 fully saturated rings. The van der Waals surface area contributed by atoms with Crippen LogP contribution in [-0.2, 0) is 0 Å². The number of hydrogen-bond acceptors (Lipinski definition) is 2. The first-order valence-electron chi connectivity index (χ1n) is 4.68. The summed E-state index contributed by atoms with van der Waals surface area (Å²) in [7, 11) is -1.45. The standard InChI is InChI=1S/C11H14N2OSi/c1-15(2,3)8-6-10-9(11(12)14)5-4-7-13-10/h4-5,7H,1-3H3,(H2,12,14). The Balaban J connectivity index is 3.14. The Hall–Kier alpha value is -1.60. The molecule has 0 atom stereocenters. The molecule has 0 aliphatic rings. The summed E-state index contributed by atoms with van der Waals surface area (Å²) < 4.78 is 0. The third kappa shape index (κ3) is 3.56. The Bertz CT molecular complexity index is 438. The van der Waals surface area contributed by atoms with E-state index < -0.39 is 14.0 Å². The monoisotopic (exact) mass is 218 g/mol. The molecule has 0 aliphatic carbocycles. The van der Waals surface area contributed by atoms with Gasteiger partial charge in [-0.05, 0) is 12.1 Å². The molecular formula is C11H14N2OSi.